The molecular formula is C28H28BrN5O3S. The number of amides is 2. The van der Waals surface area contributed by atoms with Crippen LogP contribution < -0.4 is 15.4 Å². The number of hydrogen-bond acceptors (Lipinski definition) is 6. The highest BCUT2D eigenvalue weighted by Gasteiger charge is 2.20. The molecule has 0 saturated carbocycles. The van der Waals surface area contributed by atoms with Crippen LogP contribution in [-0.2, 0) is 17.8 Å². The molecule has 0 atom stereocenters. The van der Waals surface area contributed by atoms with E-state index in [1.54, 1.807) is 31.4 Å². The van der Waals surface area contributed by atoms with Crippen LogP contribution in [0, 0.1) is 6.92 Å². The summed E-state index contributed by atoms with van der Waals surface area (Å²) < 4.78 is 8.05. The first-order chi connectivity index (χ1) is 18.4. The van der Waals surface area contributed by atoms with Crippen molar-refractivity contribution in [3.8, 4) is 11.4 Å². The SMILES string of the molecule is CCc1cccc(C)c1-n1c(CNC(=O)c2ccc(OC)cc2)nnc1SCC(=O)Nc1ccc(Br)cc1. The van der Waals surface area contributed by atoms with Gasteiger partial charge in [0, 0.05) is 15.7 Å². The Kier molecular flexibility index (Phi) is 9.19. The van der Waals surface area contributed by atoms with Crippen LogP contribution in [0.2, 0.25) is 0 Å². The molecule has 0 fully saturated rings. The molecule has 2 amide bonds. The van der Waals surface area contributed by atoms with Gasteiger partial charge in [0.1, 0.15) is 5.75 Å². The number of anilines is 1. The lowest BCUT2D eigenvalue weighted by atomic mass is 10.1. The Morgan fingerprint density at radius 1 is 1.03 bits per heavy atom. The Bertz CT molecular complexity index is 1420. The highest BCUT2D eigenvalue weighted by Crippen LogP contribution is 2.28. The van der Waals surface area contributed by atoms with Gasteiger partial charge in [-0.3, -0.25) is 14.2 Å². The van der Waals surface area contributed by atoms with E-state index in [1.807, 2.05) is 47.9 Å². The quantitative estimate of drug-likeness (QED) is 0.233. The Morgan fingerprint density at radius 3 is 2.45 bits per heavy atom. The zero-order valence-electron chi connectivity index (χ0n) is 21.3. The summed E-state index contributed by atoms with van der Waals surface area (Å²) in [5, 5.41) is 15.2. The Morgan fingerprint density at radius 2 is 1.76 bits per heavy atom. The van der Waals surface area contributed by atoms with Crippen LogP contribution in [0.3, 0.4) is 0 Å². The first-order valence-corrected chi connectivity index (χ1v) is 13.8. The van der Waals surface area contributed by atoms with Crippen molar-refractivity contribution in [1.29, 1.82) is 0 Å². The Hall–Kier alpha value is -3.63. The zero-order valence-corrected chi connectivity index (χ0v) is 23.7. The molecule has 38 heavy (non-hydrogen) atoms. The Labute approximate surface area is 234 Å². The zero-order chi connectivity index (χ0) is 27.1. The minimum atomic E-state index is -0.231. The van der Waals surface area contributed by atoms with Gasteiger partial charge >= 0.3 is 0 Å². The van der Waals surface area contributed by atoms with Crippen molar-refractivity contribution in [3.63, 3.8) is 0 Å². The van der Waals surface area contributed by atoms with Crippen LogP contribution in [0.4, 0.5) is 5.69 Å². The summed E-state index contributed by atoms with van der Waals surface area (Å²) >= 11 is 4.69. The van der Waals surface area contributed by atoms with Gasteiger partial charge in [0.25, 0.3) is 5.91 Å². The molecule has 1 heterocycles. The van der Waals surface area contributed by atoms with E-state index < -0.39 is 0 Å². The molecule has 0 radical (unpaired) electrons. The average molecular weight is 595 g/mol. The summed E-state index contributed by atoms with van der Waals surface area (Å²) in [6.45, 7) is 4.29. The number of thioether (sulfide) groups is 1. The number of para-hydroxylation sites is 1. The van der Waals surface area contributed by atoms with Crippen molar-refractivity contribution in [2.75, 3.05) is 18.2 Å². The van der Waals surface area contributed by atoms with Gasteiger partial charge in [-0.1, -0.05) is 52.8 Å². The molecule has 2 N–H and O–H groups in total. The summed E-state index contributed by atoms with van der Waals surface area (Å²) in [7, 11) is 1.58. The van der Waals surface area contributed by atoms with E-state index in [0.717, 1.165) is 33.4 Å². The van der Waals surface area contributed by atoms with E-state index in [4.69, 9.17) is 4.74 Å². The topological polar surface area (TPSA) is 98.1 Å². The number of rotatable bonds is 10. The first-order valence-electron chi connectivity index (χ1n) is 12.0. The predicted octanol–water partition coefficient (Wildman–Crippen LogP) is 5.57. The minimum absolute atomic E-state index is 0.151. The number of hydrogen-bond donors (Lipinski definition) is 2. The smallest absolute Gasteiger partial charge is 0.251 e. The molecule has 0 aliphatic heterocycles. The number of carbonyl (C=O) groups is 2. The molecule has 3 aromatic carbocycles. The van der Waals surface area contributed by atoms with Crippen molar-refractivity contribution in [3.05, 3.63) is 93.7 Å². The number of nitrogens with one attached hydrogen (secondary N) is 2. The number of aromatic nitrogens is 3. The Balaban J connectivity index is 1.56. The number of ether oxygens (including phenoxy) is 1. The average Bonchev–Trinajstić information content (AvgIpc) is 3.33. The van der Waals surface area contributed by atoms with Gasteiger partial charge in [0.05, 0.1) is 25.1 Å². The van der Waals surface area contributed by atoms with E-state index in [2.05, 4.69) is 49.8 Å². The molecule has 10 heteroatoms. The van der Waals surface area contributed by atoms with Gasteiger partial charge in [-0.05, 0) is 73.0 Å². The van der Waals surface area contributed by atoms with Gasteiger partial charge in [-0.15, -0.1) is 10.2 Å². The monoisotopic (exact) mass is 593 g/mol. The van der Waals surface area contributed by atoms with Gasteiger partial charge in [0.15, 0.2) is 11.0 Å². The number of aryl methyl sites for hydroxylation is 2. The van der Waals surface area contributed by atoms with Crippen molar-refractivity contribution in [1.82, 2.24) is 20.1 Å². The van der Waals surface area contributed by atoms with Crippen LogP contribution in [-0.4, -0.2) is 39.4 Å². The number of nitrogens with zero attached hydrogens (tertiary/aromatic N) is 3. The summed E-state index contributed by atoms with van der Waals surface area (Å²) in [6, 6.07) is 20.4. The fourth-order valence-corrected chi connectivity index (χ4v) is 4.94. The van der Waals surface area contributed by atoms with Crippen LogP contribution in [0.15, 0.2) is 76.4 Å². The maximum atomic E-state index is 12.8. The van der Waals surface area contributed by atoms with Crippen LogP contribution >= 0.6 is 27.7 Å². The van der Waals surface area contributed by atoms with E-state index >= 15 is 0 Å². The highest BCUT2D eigenvalue weighted by atomic mass is 79.9. The standard InChI is InChI=1S/C28H28BrN5O3S/c1-4-19-7-5-6-18(2)26(19)34-24(16-30-27(36)20-8-14-23(37-3)15-9-20)32-33-28(34)38-17-25(35)31-22-12-10-21(29)11-13-22/h5-15H,4,16-17H2,1-3H3,(H,30,36)(H,31,35). The van der Waals surface area contributed by atoms with E-state index in [-0.39, 0.29) is 24.1 Å². The molecule has 1 aromatic heterocycles. The third kappa shape index (κ3) is 6.62. The predicted molar refractivity (Wildman–Crippen MR) is 153 cm³/mol. The minimum Gasteiger partial charge on any atom is -0.497 e. The van der Waals surface area contributed by atoms with E-state index in [9.17, 15) is 9.59 Å². The number of benzene rings is 3. The molecule has 0 saturated heterocycles. The van der Waals surface area contributed by atoms with Gasteiger partial charge in [-0.2, -0.15) is 0 Å². The first kappa shape index (κ1) is 27.4. The molecule has 0 spiro atoms. The maximum Gasteiger partial charge on any atom is 0.251 e. The fourth-order valence-electron chi connectivity index (χ4n) is 3.92. The second kappa shape index (κ2) is 12.7. The largest absolute Gasteiger partial charge is 0.497 e. The molecule has 0 bridgehead atoms. The van der Waals surface area contributed by atoms with E-state index in [1.165, 1.54) is 11.8 Å². The third-order valence-electron chi connectivity index (χ3n) is 5.85. The molecule has 196 valence electrons. The van der Waals surface area contributed by atoms with Crippen LogP contribution in [0.25, 0.3) is 5.69 Å². The number of carbonyl (C=O) groups excluding carboxylic acids is 2. The van der Waals surface area contributed by atoms with Crippen molar-refractivity contribution in [2.45, 2.75) is 32.0 Å². The summed E-state index contributed by atoms with van der Waals surface area (Å²) in [4.78, 5) is 25.5. The lowest BCUT2D eigenvalue weighted by Gasteiger charge is -2.17. The third-order valence-corrected chi connectivity index (χ3v) is 7.30. The number of methoxy groups -OCH3 is 1. The van der Waals surface area contributed by atoms with Crippen LogP contribution in [0.1, 0.15) is 34.2 Å². The molecule has 4 rings (SSSR count). The lowest BCUT2D eigenvalue weighted by molar-refractivity contribution is -0.113. The number of halogens is 1. The molecular weight excluding hydrogens is 566 g/mol. The molecule has 4 aromatic rings. The molecule has 0 aliphatic rings. The molecule has 8 nitrogen and oxygen atoms in total. The van der Waals surface area contributed by atoms with Crippen LogP contribution in [0.5, 0.6) is 5.75 Å². The summed E-state index contributed by atoms with van der Waals surface area (Å²) in [5.74, 6) is 1.03. The second-order valence-electron chi connectivity index (χ2n) is 8.43. The molecule has 0 unspecified atom stereocenters. The lowest BCUT2D eigenvalue weighted by Crippen LogP contribution is -2.25. The normalized spacial score (nSPS) is 10.7. The highest BCUT2D eigenvalue weighted by molar-refractivity contribution is 9.10. The maximum absolute atomic E-state index is 12.8. The summed E-state index contributed by atoms with van der Waals surface area (Å²) in [6.07, 6.45) is 0.807. The van der Waals surface area contributed by atoms with Gasteiger partial charge in [0.2, 0.25) is 5.91 Å². The summed E-state index contributed by atoms with van der Waals surface area (Å²) in [5.41, 5.74) is 4.36. The van der Waals surface area contributed by atoms with Crippen molar-refractivity contribution in [2.24, 2.45) is 0 Å². The molecule has 0 aliphatic carbocycles. The van der Waals surface area contributed by atoms with Crippen molar-refractivity contribution < 1.29 is 14.3 Å². The fraction of sp³-hybridized carbons (Fsp3) is 0.214. The van der Waals surface area contributed by atoms with Gasteiger partial charge < -0.3 is 15.4 Å². The van der Waals surface area contributed by atoms with Gasteiger partial charge in [-0.25, -0.2) is 0 Å². The van der Waals surface area contributed by atoms with Crippen molar-refractivity contribution >= 4 is 45.2 Å². The second-order valence-corrected chi connectivity index (χ2v) is 10.3. The van der Waals surface area contributed by atoms with E-state index in [0.29, 0.717) is 22.3 Å².